The lowest BCUT2D eigenvalue weighted by Gasteiger charge is -2.38. The molecule has 3 rings (SSSR count). The van der Waals surface area contributed by atoms with E-state index in [4.69, 9.17) is 4.74 Å². The highest BCUT2D eigenvalue weighted by Crippen LogP contribution is 2.37. The lowest BCUT2D eigenvalue weighted by Crippen LogP contribution is -2.46. The second-order valence-corrected chi connectivity index (χ2v) is 6.64. The third kappa shape index (κ3) is 3.52. The van der Waals surface area contributed by atoms with Crippen LogP contribution >= 0.6 is 0 Å². The van der Waals surface area contributed by atoms with E-state index in [0.717, 1.165) is 25.2 Å². The average molecular weight is 367 g/mol. The first kappa shape index (κ1) is 18.6. The number of aryl methyl sites for hydroxylation is 1. The fourth-order valence-electron chi connectivity index (χ4n) is 3.17. The molecule has 5 nitrogen and oxygen atoms in total. The van der Waals surface area contributed by atoms with E-state index in [1.54, 1.807) is 13.0 Å². The van der Waals surface area contributed by atoms with E-state index in [1.807, 2.05) is 7.05 Å². The molecular formula is C18H20F3N3O2. The molecule has 1 atom stereocenters. The van der Waals surface area contributed by atoms with Crippen LogP contribution in [0.1, 0.15) is 22.9 Å². The highest BCUT2D eigenvalue weighted by molar-refractivity contribution is 5.70. The van der Waals surface area contributed by atoms with Gasteiger partial charge in [0, 0.05) is 24.6 Å². The van der Waals surface area contributed by atoms with Gasteiger partial charge in [-0.05, 0) is 43.8 Å². The Bertz CT molecular complexity index is 805. The van der Waals surface area contributed by atoms with Gasteiger partial charge in [-0.3, -0.25) is 0 Å². The standard InChI is InChI=1S/C18H20F3N3O2/c1-10-6-14(17(25)11-8-24(2)9-11)22-23-16(10)13-5-4-12(18(19,20)21)7-15(13)26-3/h4-7,11,17,25H,8-9H2,1-3H3. The fraction of sp³-hybridized carbons (Fsp3) is 0.444. The number of likely N-dealkylation sites (tertiary alicyclic amines) is 1. The number of hydrogen-bond donors (Lipinski definition) is 1. The summed E-state index contributed by atoms with van der Waals surface area (Å²) in [6, 6.07) is 4.99. The van der Waals surface area contributed by atoms with Crippen LogP contribution in [-0.4, -0.2) is 47.5 Å². The number of aliphatic hydroxyl groups is 1. The molecule has 0 bridgehead atoms. The molecule has 0 aliphatic carbocycles. The van der Waals surface area contributed by atoms with Crippen LogP contribution in [-0.2, 0) is 6.18 Å². The van der Waals surface area contributed by atoms with Crippen LogP contribution in [0.25, 0.3) is 11.3 Å². The number of aliphatic hydroxyl groups excluding tert-OH is 1. The minimum Gasteiger partial charge on any atom is -0.496 e. The van der Waals surface area contributed by atoms with Crippen molar-refractivity contribution in [2.75, 3.05) is 27.2 Å². The molecule has 8 heteroatoms. The molecule has 1 aromatic carbocycles. The molecule has 26 heavy (non-hydrogen) atoms. The van der Waals surface area contributed by atoms with Crippen LogP contribution < -0.4 is 4.74 Å². The Morgan fingerprint density at radius 2 is 1.92 bits per heavy atom. The van der Waals surface area contributed by atoms with Crippen molar-refractivity contribution >= 4 is 0 Å². The summed E-state index contributed by atoms with van der Waals surface area (Å²) in [5, 5.41) is 18.6. The number of hydrogen-bond acceptors (Lipinski definition) is 5. The van der Waals surface area contributed by atoms with Gasteiger partial charge < -0.3 is 14.7 Å². The maximum absolute atomic E-state index is 12.9. The van der Waals surface area contributed by atoms with E-state index in [2.05, 4.69) is 15.1 Å². The Kier molecular flexibility index (Phi) is 4.90. The number of methoxy groups -OCH3 is 1. The summed E-state index contributed by atoms with van der Waals surface area (Å²) in [6.45, 7) is 3.36. The molecule has 1 aliphatic rings. The van der Waals surface area contributed by atoms with Crippen molar-refractivity contribution in [1.29, 1.82) is 0 Å². The van der Waals surface area contributed by atoms with Crippen molar-refractivity contribution in [2.45, 2.75) is 19.2 Å². The normalized spacial score (nSPS) is 17.0. The Balaban J connectivity index is 1.92. The van der Waals surface area contributed by atoms with Crippen LogP contribution in [0.15, 0.2) is 24.3 Å². The molecule has 1 saturated heterocycles. The molecule has 0 spiro atoms. The topological polar surface area (TPSA) is 58.5 Å². The van der Waals surface area contributed by atoms with Gasteiger partial charge in [-0.15, -0.1) is 5.10 Å². The third-order valence-electron chi connectivity index (χ3n) is 4.63. The van der Waals surface area contributed by atoms with Crippen molar-refractivity contribution in [2.24, 2.45) is 5.92 Å². The maximum Gasteiger partial charge on any atom is 0.416 e. The maximum atomic E-state index is 12.9. The number of nitrogens with zero attached hydrogens (tertiary/aromatic N) is 3. The van der Waals surface area contributed by atoms with Gasteiger partial charge in [0.25, 0.3) is 0 Å². The predicted molar refractivity (Wildman–Crippen MR) is 89.7 cm³/mol. The average Bonchev–Trinajstić information content (AvgIpc) is 2.57. The van der Waals surface area contributed by atoms with Gasteiger partial charge in [-0.25, -0.2) is 0 Å². The van der Waals surface area contributed by atoms with E-state index in [1.165, 1.54) is 13.2 Å². The molecule has 2 aromatic rings. The molecule has 0 saturated carbocycles. The Hall–Kier alpha value is -2.19. The van der Waals surface area contributed by atoms with Gasteiger partial charge in [0.2, 0.25) is 0 Å². The summed E-state index contributed by atoms with van der Waals surface area (Å²) < 4.78 is 43.8. The van der Waals surface area contributed by atoms with Crippen LogP contribution in [0.2, 0.25) is 0 Å². The van der Waals surface area contributed by atoms with E-state index in [0.29, 0.717) is 22.5 Å². The summed E-state index contributed by atoms with van der Waals surface area (Å²) in [5.74, 6) is 0.186. The zero-order chi connectivity index (χ0) is 19.1. The molecule has 1 N–H and O–H groups in total. The molecule has 0 amide bonds. The van der Waals surface area contributed by atoms with Crippen molar-refractivity contribution in [1.82, 2.24) is 15.1 Å². The monoisotopic (exact) mass is 367 g/mol. The van der Waals surface area contributed by atoms with Gasteiger partial charge in [-0.2, -0.15) is 18.3 Å². The summed E-state index contributed by atoms with van der Waals surface area (Å²) in [6.07, 6.45) is -5.16. The second kappa shape index (κ2) is 6.85. The molecule has 1 unspecified atom stereocenters. The van der Waals surface area contributed by atoms with Crippen molar-refractivity contribution in [3.63, 3.8) is 0 Å². The first-order chi connectivity index (χ1) is 12.2. The summed E-state index contributed by atoms with van der Waals surface area (Å²) in [7, 11) is 3.28. The fourth-order valence-corrected chi connectivity index (χ4v) is 3.17. The van der Waals surface area contributed by atoms with Crippen LogP contribution in [0, 0.1) is 12.8 Å². The lowest BCUT2D eigenvalue weighted by atomic mass is 9.91. The SMILES string of the molecule is COc1cc(C(F)(F)F)ccc1-c1nnc(C(O)C2CN(C)C2)cc1C. The number of halogens is 3. The first-order valence-electron chi connectivity index (χ1n) is 8.17. The number of aromatic nitrogens is 2. The molecule has 2 heterocycles. The predicted octanol–water partition coefficient (Wildman–Crippen LogP) is 3.07. The molecule has 0 radical (unpaired) electrons. The second-order valence-electron chi connectivity index (χ2n) is 6.64. The number of ether oxygens (including phenoxy) is 1. The Morgan fingerprint density at radius 3 is 2.46 bits per heavy atom. The number of alkyl halides is 3. The zero-order valence-electron chi connectivity index (χ0n) is 14.7. The first-order valence-corrected chi connectivity index (χ1v) is 8.17. The van der Waals surface area contributed by atoms with E-state index in [9.17, 15) is 18.3 Å². The third-order valence-corrected chi connectivity index (χ3v) is 4.63. The quantitative estimate of drug-likeness (QED) is 0.900. The summed E-state index contributed by atoms with van der Waals surface area (Å²) in [4.78, 5) is 2.09. The number of benzene rings is 1. The molecule has 1 fully saturated rings. The Morgan fingerprint density at radius 1 is 1.23 bits per heavy atom. The molecule has 140 valence electrons. The van der Waals surface area contributed by atoms with Crippen LogP contribution in [0.3, 0.4) is 0 Å². The number of rotatable bonds is 4. The zero-order valence-corrected chi connectivity index (χ0v) is 14.7. The van der Waals surface area contributed by atoms with Crippen molar-refractivity contribution in [3.05, 3.63) is 41.1 Å². The van der Waals surface area contributed by atoms with Crippen molar-refractivity contribution < 1.29 is 23.0 Å². The molecule has 1 aliphatic heterocycles. The molecule has 1 aromatic heterocycles. The minimum absolute atomic E-state index is 0.0751. The van der Waals surface area contributed by atoms with Crippen LogP contribution in [0.5, 0.6) is 5.75 Å². The van der Waals surface area contributed by atoms with Gasteiger partial charge in [0.05, 0.1) is 24.1 Å². The van der Waals surface area contributed by atoms with Crippen molar-refractivity contribution in [3.8, 4) is 17.0 Å². The largest absolute Gasteiger partial charge is 0.496 e. The van der Waals surface area contributed by atoms with E-state index < -0.39 is 17.8 Å². The van der Waals surface area contributed by atoms with Gasteiger partial charge >= 0.3 is 6.18 Å². The van der Waals surface area contributed by atoms with E-state index >= 15 is 0 Å². The lowest BCUT2D eigenvalue weighted by molar-refractivity contribution is -0.137. The summed E-state index contributed by atoms with van der Waals surface area (Å²) >= 11 is 0. The van der Waals surface area contributed by atoms with Gasteiger partial charge in [0.1, 0.15) is 11.9 Å². The van der Waals surface area contributed by atoms with Gasteiger partial charge in [-0.1, -0.05) is 0 Å². The van der Waals surface area contributed by atoms with Gasteiger partial charge in [0.15, 0.2) is 0 Å². The van der Waals surface area contributed by atoms with E-state index in [-0.39, 0.29) is 11.7 Å². The highest BCUT2D eigenvalue weighted by atomic mass is 19.4. The summed E-state index contributed by atoms with van der Waals surface area (Å²) in [5.41, 5.74) is 1.24. The van der Waals surface area contributed by atoms with Crippen LogP contribution in [0.4, 0.5) is 13.2 Å². The molecular weight excluding hydrogens is 347 g/mol. The smallest absolute Gasteiger partial charge is 0.416 e. The highest BCUT2D eigenvalue weighted by Gasteiger charge is 2.33. The Labute approximate surface area is 149 Å². The minimum atomic E-state index is -4.45.